The van der Waals surface area contributed by atoms with Crippen molar-refractivity contribution in [2.24, 2.45) is 0 Å². The van der Waals surface area contributed by atoms with Crippen LogP contribution in [0.2, 0.25) is 0 Å². The summed E-state index contributed by atoms with van der Waals surface area (Å²) in [5, 5.41) is 72.5. The summed E-state index contributed by atoms with van der Waals surface area (Å²) >= 11 is 0. The minimum absolute atomic E-state index is 0.00393. The average Bonchev–Trinajstić information content (AvgIpc) is 2.91. The number of fused-ring (bicyclic) bond motifs is 2. The van der Waals surface area contributed by atoms with E-state index >= 15 is 0 Å². The van der Waals surface area contributed by atoms with Crippen LogP contribution in [-0.4, -0.2) is 41.8 Å². The molecule has 0 saturated heterocycles. The van der Waals surface area contributed by atoms with Crippen LogP contribution in [0.4, 0.5) is 0 Å². The van der Waals surface area contributed by atoms with Gasteiger partial charge in [0.05, 0.1) is 22.6 Å². The number of aromatic hydroxyl groups is 6. The highest BCUT2D eigenvalue weighted by molar-refractivity contribution is 5.95. The van der Waals surface area contributed by atoms with E-state index in [1.807, 2.05) is 0 Å². The van der Waals surface area contributed by atoms with Crippen molar-refractivity contribution in [3.8, 4) is 62.7 Å². The fraction of sp³-hybridized carbons (Fsp3) is 0.100. The Morgan fingerprint density at radius 3 is 2.02 bits per heavy atom. The highest BCUT2D eigenvalue weighted by Gasteiger charge is 2.36. The van der Waals surface area contributed by atoms with Gasteiger partial charge in [0.25, 0.3) is 0 Å². The van der Waals surface area contributed by atoms with Gasteiger partial charge in [-0.2, -0.15) is 0 Å². The molecule has 2 atom stereocenters. The highest BCUT2D eigenvalue weighted by atomic mass is 16.5. The Morgan fingerprint density at radius 2 is 1.35 bits per heavy atom. The first-order valence-electron chi connectivity index (χ1n) is 12.2. The van der Waals surface area contributed by atoms with Gasteiger partial charge in [0.15, 0.2) is 11.3 Å². The maximum Gasteiger partial charge on any atom is 0.201 e. The number of aliphatic hydroxyl groups excluding tert-OH is 1. The summed E-state index contributed by atoms with van der Waals surface area (Å²) in [5.74, 6) is -2.04. The zero-order valence-corrected chi connectivity index (χ0v) is 20.6. The largest absolute Gasteiger partial charge is 0.508 e. The third kappa shape index (κ3) is 3.98. The SMILES string of the molecule is O=c1c(-c2c(O)cc(O)c3c2O[C@H](c2ccc(O)cc2)[C@@H](O)C3)c(-c2ccc(O)cc2)oc2c(O)cc(O)cc12. The highest BCUT2D eigenvalue weighted by Crippen LogP contribution is 2.51. The third-order valence-electron chi connectivity index (χ3n) is 6.91. The molecule has 0 saturated carbocycles. The lowest BCUT2D eigenvalue weighted by atomic mass is 9.89. The number of benzene rings is 4. The molecule has 0 spiro atoms. The number of aliphatic hydroxyl groups is 1. The van der Waals surface area contributed by atoms with Crippen molar-refractivity contribution in [2.75, 3.05) is 0 Å². The molecule has 2 heterocycles. The first-order chi connectivity index (χ1) is 19.1. The van der Waals surface area contributed by atoms with E-state index in [-0.39, 0.29) is 62.8 Å². The van der Waals surface area contributed by atoms with Gasteiger partial charge < -0.3 is 44.9 Å². The van der Waals surface area contributed by atoms with E-state index in [4.69, 9.17) is 9.15 Å². The van der Waals surface area contributed by atoms with Crippen LogP contribution in [0.5, 0.6) is 40.2 Å². The summed E-state index contributed by atoms with van der Waals surface area (Å²) in [5.41, 5.74) is -0.405. The van der Waals surface area contributed by atoms with Crippen molar-refractivity contribution in [3.05, 3.63) is 88.1 Å². The monoisotopic (exact) mass is 542 g/mol. The molecular formula is C30H22O10. The van der Waals surface area contributed by atoms with Crippen LogP contribution in [-0.2, 0) is 6.42 Å². The number of rotatable bonds is 3. The van der Waals surface area contributed by atoms with Crippen LogP contribution in [0.3, 0.4) is 0 Å². The smallest absolute Gasteiger partial charge is 0.201 e. The molecule has 1 aromatic heterocycles. The molecule has 10 nitrogen and oxygen atoms in total. The minimum Gasteiger partial charge on any atom is -0.508 e. The molecule has 40 heavy (non-hydrogen) atoms. The van der Waals surface area contributed by atoms with E-state index in [9.17, 15) is 40.5 Å². The van der Waals surface area contributed by atoms with Crippen LogP contribution in [0.1, 0.15) is 17.2 Å². The van der Waals surface area contributed by atoms with Gasteiger partial charge in [-0.15, -0.1) is 0 Å². The summed E-state index contributed by atoms with van der Waals surface area (Å²) in [6.07, 6.45) is -2.22. The van der Waals surface area contributed by atoms with E-state index in [1.54, 1.807) is 12.1 Å². The number of phenols is 6. The predicted molar refractivity (Wildman–Crippen MR) is 143 cm³/mol. The molecule has 6 rings (SSSR count). The molecule has 10 heteroatoms. The van der Waals surface area contributed by atoms with Crippen LogP contribution in [0, 0.1) is 0 Å². The van der Waals surface area contributed by atoms with Gasteiger partial charge in [-0.1, -0.05) is 12.1 Å². The normalized spacial score (nSPS) is 16.4. The number of ether oxygens (including phenoxy) is 1. The molecule has 0 radical (unpaired) electrons. The van der Waals surface area contributed by atoms with Gasteiger partial charge >= 0.3 is 0 Å². The van der Waals surface area contributed by atoms with Crippen molar-refractivity contribution in [1.82, 2.24) is 0 Å². The van der Waals surface area contributed by atoms with Crippen LogP contribution < -0.4 is 10.2 Å². The maximum absolute atomic E-state index is 14.0. The number of hydrogen-bond donors (Lipinski definition) is 7. The Morgan fingerprint density at radius 1 is 0.700 bits per heavy atom. The summed E-state index contributed by atoms with van der Waals surface area (Å²) in [4.78, 5) is 14.0. The van der Waals surface area contributed by atoms with Crippen molar-refractivity contribution >= 4 is 11.0 Å². The molecule has 1 aliphatic heterocycles. The topological polar surface area (TPSA) is 181 Å². The molecule has 0 fully saturated rings. The first-order valence-corrected chi connectivity index (χ1v) is 12.2. The van der Waals surface area contributed by atoms with E-state index in [0.717, 1.165) is 18.2 Å². The average molecular weight is 542 g/mol. The molecule has 7 N–H and O–H groups in total. The zero-order chi connectivity index (χ0) is 28.3. The van der Waals surface area contributed by atoms with E-state index in [0.29, 0.717) is 11.1 Å². The van der Waals surface area contributed by atoms with E-state index in [1.165, 1.54) is 36.4 Å². The summed E-state index contributed by atoms with van der Waals surface area (Å²) in [7, 11) is 0. The molecule has 4 aromatic carbocycles. The lowest BCUT2D eigenvalue weighted by Gasteiger charge is -2.33. The van der Waals surface area contributed by atoms with Crippen molar-refractivity contribution in [1.29, 1.82) is 0 Å². The van der Waals surface area contributed by atoms with Crippen LogP contribution >= 0.6 is 0 Å². The van der Waals surface area contributed by atoms with Crippen LogP contribution in [0.25, 0.3) is 33.4 Å². The zero-order valence-electron chi connectivity index (χ0n) is 20.6. The number of phenolic OH excluding ortho intramolecular Hbond substituents is 6. The van der Waals surface area contributed by atoms with Gasteiger partial charge in [-0.3, -0.25) is 4.79 Å². The van der Waals surface area contributed by atoms with Crippen LogP contribution in [0.15, 0.2) is 75.9 Å². The molecule has 0 unspecified atom stereocenters. The molecule has 202 valence electrons. The Labute approximate surface area is 225 Å². The van der Waals surface area contributed by atoms with Crippen molar-refractivity contribution < 1.29 is 44.9 Å². The van der Waals surface area contributed by atoms with Gasteiger partial charge in [-0.25, -0.2) is 0 Å². The first kappa shape index (κ1) is 25.0. The lowest BCUT2D eigenvalue weighted by molar-refractivity contribution is 0.0202. The third-order valence-corrected chi connectivity index (χ3v) is 6.91. The second-order valence-electron chi connectivity index (χ2n) is 9.52. The second kappa shape index (κ2) is 9.14. The Balaban J connectivity index is 1.68. The van der Waals surface area contributed by atoms with Gasteiger partial charge in [0.2, 0.25) is 5.43 Å². The maximum atomic E-state index is 14.0. The van der Waals surface area contributed by atoms with Crippen molar-refractivity contribution in [3.63, 3.8) is 0 Å². The molecular weight excluding hydrogens is 520 g/mol. The quantitative estimate of drug-likeness (QED) is 0.173. The Hall–Kier alpha value is -5.35. The fourth-order valence-electron chi connectivity index (χ4n) is 5.03. The molecule has 0 bridgehead atoms. The van der Waals surface area contributed by atoms with E-state index in [2.05, 4.69) is 0 Å². The lowest BCUT2D eigenvalue weighted by Crippen LogP contribution is -2.31. The molecule has 0 aliphatic carbocycles. The Kier molecular flexibility index (Phi) is 5.70. The summed E-state index contributed by atoms with van der Waals surface area (Å²) in [6.45, 7) is 0. The van der Waals surface area contributed by atoms with Crippen molar-refractivity contribution in [2.45, 2.75) is 18.6 Å². The second-order valence-corrected chi connectivity index (χ2v) is 9.52. The van der Waals surface area contributed by atoms with Gasteiger partial charge in [-0.05, 0) is 48.0 Å². The summed E-state index contributed by atoms with van der Waals surface area (Å²) in [6, 6.07) is 14.7. The summed E-state index contributed by atoms with van der Waals surface area (Å²) < 4.78 is 12.2. The predicted octanol–water partition coefficient (Wildman–Crippen LogP) is 4.40. The van der Waals surface area contributed by atoms with Gasteiger partial charge in [0.1, 0.15) is 46.4 Å². The minimum atomic E-state index is -1.13. The Bertz CT molecular complexity index is 1840. The fourth-order valence-corrected chi connectivity index (χ4v) is 5.03. The van der Waals surface area contributed by atoms with E-state index < -0.39 is 34.9 Å². The standard InChI is InChI=1S/C30H22O10/c31-15-5-1-13(2-6-15)27-23(37)11-18-20(34)12-21(35)24(30(18)39-27)25-26(38)19-9-17(33)10-22(36)29(19)40-28(25)14-3-7-16(32)8-4-14/h1-10,12,23,27,31-37H,11H2/t23-,27+/m0/s1. The molecule has 1 aliphatic rings. The molecule has 5 aromatic rings. The number of hydrogen-bond acceptors (Lipinski definition) is 10. The molecule has 0 amide bonds. The van der Waals surface area contributed by atoms with Gasteiger partial charge in [0, 0.05) is 29.7 Å².